The van der Waals surface area contributed by atoms with E-state index in [1.807, 2.05) is 0 Å². The molecule has 0 saturated carbocycles. The minimum atomic E-state index is -0.749. The van der Waals surface area contributed by atoms with Gasteiger partial charge >= 0.3 is 5.97 Å². The van der Waals surface area contributed by atoms with Crippen molar-refractivity contribution >= 4 is 11.7 Å². The molecule has 1 aliphatic heterocycles. The van der Waals surface area contributed by atoms with E-state index in [9.17, 15) is 9.90 Å². The summed E-state index contributed by atoms with van der Waals surface area (Å²) in [6.07, 6.45) is 0. The van der Waals surface area contributed by atoms with Gasteiger partial charge < -0.3 is 15.2 Å². The van der Waals surface area contributed by atoms with Gasteiger partial charge in [0.1, 0.15) is 5.54 Å². The Kier molecular flexibility index (Phi) is 1.67. The monoisotopic (exact) mass is 193 g/mol. The number of fused-ring (bicyclic) bond motifs is 1. The summed E-state index contributed by atoms with van der Waals surface area (Å²) in [6, 6.07) is 4.92. The van der Waals surface area contributed by atoms with Crippen molar-refractivity contribution < 1.29 is 14.6 Å². The maximum absolute atomic E-state index is 11.4. The third kappa shape index (κ3) is 1.19. The predicted molar refractivity (Wildman–Crippen MR) is 51.4 cm³/mol. The number of anilines is 1. The van der Waals surface area contributed by atoms with Gasteiger partial charge in [0.05, 0.1) is 5.69 Å². The standard InChI is InChI=1S/C10H11NO3/c1-10(2)9(13)14-8-6(11-10)4-3-5-7(8)12/h3-5,11-12H,1-2H3. The summed E-state index contributed by atoms with van der Waals surface area (Å²) in [4.78, 5) is 11.4. The largest absolute Gasteiger partial charge is 0.504 e. The fourth-order valence-corrected chi connectivity index (χ4v) is 1.34. The normalized spacial score (nSPS) is 18.0. The van der Waals surface area contributed by atoms with Crippen LogP contribution in [0.25, 0.3) is 0 Å². The fourth-order valence-electron chi connectivity index (χ4n) is 1.34. The Morgan fingerprint density at radius 2 is 2.14 bits per heavy atom. The van der Waals surface area contributed by atoms with Crippen LogP contribution in [0.5, 0.6) is 11.5 Å². The number of para-hydroxylation sites is 1. The van der Waals surface area contributed by atoms with Gasteiger partial charge in [0.15, 0.2) is 11.5 Å². The highest BCUT2D eigenvalue weighted by Crippen LogP contribution is 2.39. The van der Waals surface area contributed by atoms with E-state index in [1.165, 1.54) is 6.07 Å². The summed E-state index contributed by atoms with van der Waals surface area (Å²) in [5, 5.41) is 12.4. The van der Waals surface area contributed by atoms with Crippen molar-refractivity contribution in [2.45, 2.75) is 19.4 Å². The number of nitrogens with one attached hydrogen (secondary N) is 1. The number of hydrogen-bond donors (Lipinski definition) is 2. The molecule has 0 bridgehead atoms. The summed E-state index contributed by atoms with van der Waals surface area (Å²) >= 11 is 0. The van der Waals surface area contributed by atoms with Gasteiger partial charge in [0.25, 0.3) is 0 Å². The van der Waals surface area contributed by atoms with Crippen LogP contribution in [0.2, 0.25) is 0 Å². The third-order valence-electron chi connectivity index (χ3n) is 2.15. The number of rotatable bonds is 0. The number of aromatic hydroxyl groups is 1. The Bertz CT molecular complexity index is 398. The molecule has 4 heteroatoms. The van der Waals surface area contributed by atoms with E-state index in [0.29, 0.717) is 5.69 Å². The SMILES string of the molecule is CC1(C)Nc2cccc(O)c2OC1=O. The molecule has 0 atom stereocenters. The van der Waals surface area contributed by atoms with Crippen LogP contribution in [0.15, 0.2) is 18.2 Å². The average Bonchev–Trinajstić information content (AvgIpc) is 2.08. The highest BCUT2D eigenvalue weighted by atomic mass is 16.5. The maximum Gasteiger partial charge on any atom is 0.336 e. The molecular formula is C10H11NO3. The van der Waals surface area contributed by atoms with Gasteiger partial charge in [-0.15, -0.1) is 0 Å². The topological polar surface area (TPSA) is 58.6 Å². The summed E-state index contributed by atoms with van der Waals surface area (Å²) in [7, 11) is 0. The number of esters is 1. The van der Waals surface area contributed by atoms with Crippen LogP contribution in [-0.2, 0) is 4.79 Å². The molecule has 0 unspecified atom stereocenters. The second kappa shape index (κ2) is 2.64. The van der Waals surface area contributed by atoms with Gasteiger partial charge in [-0.1, -0.05) is 6.07 Å². The quantitative estimate of drug-likeness (QED) is 0.484. The van der Waals surface area contributed by atoms with Crippen LogP contribution in [-0.4, -0.2) is 16.6 Å². The van der Waals surface area contributed by atoms with Crippen LogP contribution in [0, 0.1) is 0 Å². The van der Waals surface area contributed by atoms with Crippen molar-refractivity contribution in [1.29, 1.82) is 0 Å². The van der Waals surface area contributed by atoms with E-state index in [-0.39, 0.29) is 11.5 Å². The molecule has 0 spiro atoms. The Balaban J connectivity index is 2.51. The van der Waals surface area contributed by atoms with E-state index >= 15 is 0 Å². The van der Waals surface area contributed by atoms with Gasteiger partial charge in [0.2, 0.25) is 0 Å². The summed E-state index contributed by atoms with van der Waals surface area (Å²) in [5.41, 5.74) is -0.115. The molecule has 0 radical (unpaired) electrons. The Morgan fingerprint density at radius 1 is 1.43 bits per heavy atom. The zero-order valence-electron chi connectivity index (χ0n) is 8.00. The van der Waals surface area contributed by atoms with Crippen LogP contribution < -0.4 is 10.1 Å². The van der Waals surface area contributed by atoms with E-state index in [1.54, 1.807) is 26.0 Å². The number of ether oxygens (including phenoxy) is 1. The molecular weight excluding hydrogens is 182 g/mol. The number of hydrogen-bond acceptors (Lipinski definition) is 4. The highest BCUT2D eigenvalue weighted by molar-refractivity contribution is 5.91. The van der Waals surface area contributed by atoms with E-state index < -0.39 is 11.5 Å². The van der Waals surface area contributed by atoms with Crippen molar-refractivity contribution in [2.75, 3.05) is 5.32 Å². The minimum Gasteiger partial charge on any atom is -0.504 e. The lowest BCUT2D eigenvalue weighted by atomic mass is 10.0. The first-order chi connectivity index (χ1) is 6.50. The molecule has 1 aliphatic rings. The maximum atomic E-state index is 11.4. The average molecular weight is 193 g/mol. The van der Waals surface area contributed by atoms with Crippen molar-refractivity contribution in [3.05, 3.63) is 18.2 Å². The zero-order chi connectivity index (χ0) is 10.3. The first-order valence-electron chi connectivity index (χ1n) is 4.33. The lowest BCUT2D eigenvalue weighted by molar-refractivity contribution is -0.139. The summed E-state index contributed by atoms with van der Waals surface area (Å²) < 4.78 is 5.03. The molecule has 1 heterocycles. The second-order valence-electron chi connectivity index (χ2n) is 3.79. The molecule has 0 aliphatic carbocycles. The Morgan fingerprint density at radius 3 is 2.86 bits per heavy atom. The molecule has 14 heavy (non-hydrogen) atoms. The lowest BCUT2D eigenvalue weighted by Crippen LogP contribution is -2.46. The first kappa shape index (κ1) is 8.87. The van der Waals surface area contributed by atoms with Crippen LogP contribution in [0.1, 0.15) is 13.8 Å². The second-order valence-corrected chi connectivity index (χ2v) is 3.79. The van der Waals surface area contributed by atoms with Crippen LogP contribution in [0.4, 0.5) is 5.69 Å². The molecule has 2 rings (SSSR count). The van der Waals surface area contributed by atoms with Crippen molar-refractivity contribution in [2.24, 2.45) is 0 Å². The summed E-state index contributed by atoms with van der Waals surface area (Å²) in [5.74, 6) is -0.220. The molecule has 74 valence electrons. The molecule has 1 aromatic carbocycles. The highest BCUT2D eigenvalue weighted by Gasteiger charge is 2.36. The number of phenolic OH excluding ortho intramolecular Hbond substituents is 1. The zero-order valence-corrected chi connectivity index (χ0v) is 8.00. The van der Waals surface area contributed by atoms with E-state index in [4.69, 9.17) is 4.74 Å². The third-order valence-corrected chi connectivity index (χ3v) is 2.15. The summed E-state index contributed by atoms with van der Waals surface area (Å²) in [6.45, 7) is 3.45. The molecule has 1 aromatic rings. The van der Waals surface area contributed by atoms with Crippen molar-refractivity contribution in [3.8, 4) is 11.5 Å². The number of benzene rings is 1. The van der Waals surface area contributed by atoms with E-state index in [2.05, 4.69) is 5.32 Å². The van der Waals surface area contributed by atoms with E-state index in [0.717, 1.165) is 0 Å². The fraction of sp³-hybridized carbons (Fsp3) is 0.300. The van der Waals surface area contributed by atoms with Gasteiger partial charge in [-0.3, -0.25) is 0 Å². The van der Waals surface area contributed by atoms with Crippen molar-refractivity contribution in [1.82, 2.24) is 0 Å². The smallest absolute Gasteiger partial charge is 0.336 e. The molecule has 0 amide bonds. The molecule has 0 aromatic heterocycles. The Hall–Kier alpha value is -1.71. The minimum absolute atomic E-state index is 0.0288. The van der Waals surface area contributed by atoms with Gasteiger partial charge in [-0.25, -0.2) is 4.79 Å². The number of phenols is 1. The first-order valence-corrected chi connectivity index (χ1v) is 4.33. The van der Waals surface area contributed by atoms with Crippen LogP contribution in [0.3, 0.4) is 0 Å². The van der Waals surface area contributed by atoms with Gasteiger partial charge in [-0.05, 0) is 26.0 Å². The number of carbonyl (C=O) groups excluding carboxylic acids is 1. The predicted octanol–water partition coefficient (Wildman–Crippen LogP) is 1.50. The van der Waals surface area contributed by atoms with Crippen molar-refractivity contribution in [3.63, 3.8) is 0 Å². The molecule has 2 N–H and O–H groups in total. The van der Waals surface area contributed by atoms with Gasteiger partial charge in [-0.2, -0.15) is 0 Å². The number of carbonyl (C=O) groups is 1. The molecule has 4 nitrogen and oxygen atoms in total. The van der Waals surface area contributed by atoms with Crippen LogP contribution >= 0.6 is 0 Å². The molecule has 0 fully saturated rings. The van der Waals surface area contributed by atoms with Gasteiger partial charge in [0, 0.05) is 0 Å². The Labute approximate surface area is 81.5 Å². The molecule has 0 saturated heterocycles. The lowest BCUT2D eigenvalue weighted by Gasteiger charge is -2.31.